The number of hydrogen-bond acceptors (Lipinski definition) is 1. The van der Waals surface area contributed by atoms with Crippen LogP contribution in [0.15, 0.2) is 12.1 Å². The number of rotatable bonds is 1. The second kappa shape index (κ2) is 4.96. The van der Waals surface area contributed by atoms with Crippen molar-refractivity contribution in [2.24, 2.45) is 0 Å². The summed E-state index contributed by atoms with van der Waals surface area (Å²) >= 11 is 0. The van der Waals surface area contributed by atoms with E-state index in [9.17, 15) is 8.78 Å². The van der Waals surface area contributed by atoms with Gasteiger partial charge in [-0.3, -0.25) is 0 Å². The van der Waals surface area contributed by atoms with E-state index in [0.29, 0.717) is 5.69 Å². The van der Waals surface area contributed by atoms with Crippen LogP contribution >= 0.6 is 0 Å². The van der Waals surface area contributed by atoms with Crippen LogP contribution in [0.25, 0.3) is 10.9 Å². The van der Waals surface area contributed by atoms with Crippen molar-refractivity contribution in [1.82, 2.24) is 4.98 Å². The fourth-order valence-corrected chi connectivity index (χ4v) is 1.48. The molecule has 0 saturated carbocycles. The second-order valence-electron chi connectivity index (χ2n) is 3.12. The zero-order valence-electron chi connectivity index (χ0n) is 9.82. The Morgan fingerprint density at radius 1 is 1.19 bits per heavy atom. The Bertz CT molecular complexity index is 491. The van der Waals surface area contributed by atoms with Gasteiger partial charge in [0.1, 0.15) is 0 Å². The fourth-order valence-electron chi connectivity index (χ4n) is 1.48. The first-order chi connectivity index (χ1) is 7.63. The van der Waals surface area contributed by atoms with Crippen LogP contribution in [-0.2, 0) is 0 Å². The van der Waals surface area contributed by atoms with E-state index in [4.69, 9.17) is 4.74 Å². The molecule has 1 N–H and O–H groups in total. The van der Waals surface area contributed by atoms with Crippen molar-refractivity contribution in [3.63, 3.8) is 0 Å². The first-order valence-corrected chi connectivity index (χ1v) is 5.15. The molecule has 2 aromatic rings. The largest absolute Gasteiger partial charge is 0.494 e. The summed E-state index contributed by atoms with van der Waals surface area (Å²) in [7, 11) is 1.31. The molecule has 4 heteroatoms. The molecule has 0 bridgehead atoms. The highest BCUT2D eigenvalue weighted by molar-refractivity contribution is 5.83. The predicted octanol–water partition coefficient (Wildman–Crippen LogP) is 3.79. The van der Waals surface area contributed by atoms with Crippen LogP contribution in [0.2, 0.25) is 0 Å². The fraction of sp³-hybridized carbons (Fsp3) is 0.333. The van der Waals surface area contributed by atoms with Crippen LogP contribution in [0.3, 0.4) is 0 Å². The van der Waals surface area contributed by atoms with Gasteiger partial charge in [0.25, 0.3) is 0 Å². The summed E-state index contributed by atoms with van der Waals surface area (Å²) < 4.78 is 31.6. The van der Waals surface area contributed by atoms with Crippen molar-refractivity contribution in [3.05, 3.63) is 29.5 Å². The minimum absolute atomic E-state index is 0.0750. The van der Waals surface area contributed by atoms with Crippen molar-refractivity contribution < 1.29 is 13.5 Å². The molecule has 2 rings (SSSR count). The molecule has 0 aliphatic heterocycles. The zero-order chi connectivity index (χ0) is 12.3. The molecular formula is C12H15F2NO. The Morgan fingerprint density at radius 3 is 2.38 bits per heavy atom. The van der Waals surface area contributed by atoms with Gasteiger partial charge in [-0.2, -0.15) is 0 Å². The average Bonchev–Trinajstić information content (AvgIpc) is 2.69. The van der Waals surface area contributed by atoms with Gasteiger partial charge in [-0.15, -0.1) is 0 Å². The normalized spacial score (nSPS) is 9.88. The molecule has 1 heterocycles. The summed E-state index contributed by atoms with van der Waals surface area (Å²) in [5.74, 6) is -1.12. The number of methoxy groups -OCH3 is 1. The number of aromatic nitrogens is 1. The summed E-state index contributed by atoms with van der Waals surface area (Å²) in [4.78, 5) is 2.75. The third-order valence-electron chi connectivity index (χ3n) is 2.12. The maximum absolute atomic E-state index is 13.6. The van der Waals surface area contributed by atoms with Gasteiger partial charge < -0.3 is 9.72 Å². The van der Waals surface area contributed by atoms with E-state index in [1.54, 1.807) is 13.0 Å². The van der Waals surface area contributed by atoms with Gasteiger partial charge in [-0.1, -0.05) is 13.8 Å². The summed E-state index contributed by atoms with van der Waals surface area (Å²) in [6, 6.07) is 2.59. The highest BCUT2D eigenvalue weighted by Gasteiger charge is 2.14. The molecule has 88 valence electrons. The van der Waals surface area contributed by atoms with Crippen LogP contribution in [0.1, 0.15) is 19.5 Å². The molecule has 1 aromatic heterocycles. The molecule has 0 saturated heterocycles. The van der Waals surface area contributed by atoms with Crippen molar-refractivity contribution in [2.75, 3.05) is 7.11 Å². The maximum atomic E-state index is 13.6. The third-order valence-corrected chi connectivity index (χ3v) is 2.12. The summed E-state index contributed by atoms with van der Waals surface area (Å²) in [6.07, 6.45) is 0. The first kappa shape index (κ1) is 12.5. The number of aromatic amines is 1. The van der Waals surface area contributed by atoms with Crippen LogP contribution in [0, 0.1) is 18.6 Å². The van der Waals surface area contributed by atoms with Crippen LogP contribution in [-0.4, -0.2) is 12.1 Å². The zero-order valence-corrected chi connectivity index (χ0v) is 9.82. The lowest BCUT2D eigenvalue weighted by molar-refractivity contribution is 0.386. The number of aryl methyl sites for hydroxylation is 1. The number of fused-ring (bicyclic) bond motifs is 1. The lowest BCUT2D eigenvalue weighted by Crippen LogP contribution is -1.90. The molecule has 0 radical (unpaired) electrons. The Hall–Kier alpha value is -1.58. The minimum atomic E-state index is -0.534. The molecule has 0 amide bonds. The number of H-pyrrole nitrogens is 1. The van der Waals surface area contributed by atoms with E-state index in [1.165, 1.54) is 7.11 Å². The van der Waals surface area contributed by atoms with E-state index >= 15 is 0 Å². The smallest absolute Gasteiger partial charge is 0.174 e. The van der Waals surface area contributed by atoms with E-state index in [0.717, 1.165) is 6.07 Å². The Labute approximate surface area is 93.2 Å². The monoisotopic (exact) mass is 227 g/mol. The third kappa shape index (κ3) is 2.01. The lowest BCUT2D eigenvalue weighted by atomic mass is 10.2. The van der Waals surface area contributed by atoms with Gasteiger partial charge in [-0.05, 0) is 13.0 Å². The van der Waals surface area contributed by atoms with Gasteiger partial charge in [0.15, 0.2) is 17.4 Å². The molecule has 0 atom stereocenters. The Morgan fingerprint density at radius 2 is 1.81 bits per heavy atom. The standard InChI is InChI=1S/C10H9F2NO.C2H6/c1-5-3-6-9(12)8(14-2)4-7(11)10(6)13-5;1-2/h3-4,13H,1-2H3;1-2H3. The Kier molecular flexibility index (Phi) is 3.88. The molecule has 0 fully saturated rings. The van der Waals surface area contributed by atoms with Gasteiger partial charge >= 0.3 is 0 Å². The maximum Gasteiger partial charge on any atom is 0.174 e. The van der Waals surface area contributed by atoms with E-state index in [-0.39, 0.29) is 16.7 Å². The molecular weight excluding hydrogens is 212 g/mol. The quantitative estimate of drug-likeness (QED) is 0.787. The average molecular weight is 227 g/mol. The molecule has 0 unspecified atom stereocenters. The first-order valence-electron chi connectivity index (χ1n) is 5.15. The summed E-state index contributed by atoms with van der Waals surface area (Å²) in [5.41, 5.74) is 0.895. The van der Waals surface area contributed by atoms with E-state index in [1.807, 2.05) is 13.8 Å². The number of nitrogens with one attached hydrogen (secondary N) is 1. The SMILES string of the molecule is CC.COc1cc(F)c2[nH]c(C)cc2c1F. The molecule has 16 heavy (non-hydrogen) atoms. The topological polar surface area (TPSA) is 25.0 Å². The molecule has 0 spiro atoms. The molecule has 2 nitrogen and oxygen atoms in total. The molecule has 1 aromatic carbocycles. The highest BCUT2D eigenvalue weighted by Crippen LogP contribution is 2.28. The molecule has 0 aliphatic rings. The highest BCUT2D eigenvalue weighted by atomic mass is 19.1. The van der Waals surface area contributed by atoms with Gasteiger partial charge in [0, 0.05) is 17.1 Å². The van der Waals surface area contributed by atoms with Crippen LogP contribution in [0.5, 0.6) is 5.75 Å². The summed E-state index contributed by atoms with van der Waals surface area (Å²) in [5, 5.41) is 0.222. The van der Waals surface area contributed by atoms with Crippen molar-refractivity contribution in [3.8, 4) is 5.75 Å². The molecule has 0 aliphatic carbocycles. The summed E-state index contributed by atoms with van der Waals surface area (Å²) in [6.45, 7) is 5.74. The lowest BCUT2D eigenvalue weighted by Gasteiger charge is -2.02. The van der Waals surface area contributed by atoms with Crippen LogP contribution in [0.4, 0.5) is 8.78 Å². The van der Waals surface area contributed by atoms with Gasteiger partial charge in [-0.25, -0.2) is 8.78 Å². The minimum Gasteiger partial charge on any atom is -0.494 e. The van der Waals surface area contributed by atoms with Gasteiger partial charge in [0.2, 0.25) is 0 Å². The number of benzene rings is 1. The predicted molar refractivity (Wildman–Crippen MR) is 60.9 cm³/mol. The number of ether oxygens (including phenoxy) is 1. The van der Waals surface area contributed by atoms with E-state index < -0.39 is 11.6 Å². The van der Waals surface area contributed by atoms with Crippen molar-refractivity contribution in [2.45, 2.75) is 20.8 Å². The number of hydrogen-bond donors (Lipinski definition) is 1. The van der Waals surface area contributed by atoms with E-state index in [2.05, 4.69) is 4.98 Å². The Balaban J connectivity index is 0.000000606. The number of halogens is 2. The van der Waals surface area contributed by atoms with Crippen LogP contribution < -0.4 is 4.74 Å². The van der Waals surface area contributed by atoms with Crippen molar-refractivity contribution >= 4 is 10.9 Å². The van der Waals surface area contributed by atoms with Gasteiger partial charge in [0.05, 0.1) is 12.6 Å². The second-order valence-corrected chi connectivity index (χ2v) is 3.12. The van der Waals surface area contributed by atoms with Crippen molar-refractivity contribution in [1.29, 1.82) is 0 Å².